The molecule has 1 aromatic rings. The van der Waals surface area contributed by atoms with Crippen LogP contribution in [0.1, 0.15) is 37.2 Å². The molecular weight excluding hydrogens is 236 g/mol. The average molecular weight is 254 g/mol. The SMILES string of the molecule is CCC(C)(N)CCNC(=O)c1occc(=O)c1O. The van der Waals surface area contributed by atoms with Crippen LogP contribution in [-0.2, 0) is 0 Å². The zero-order valence-electron chi connectivity index (χ0n) is 10.5. The molecule has 1 unspecified atom stereocenters. The number of nitrogens with two attached hydrogens (primary N) is 1. The van der Waals surface area contributed by atoms with E-state index in [1.807, 2.05) is 13.8 Å². The van der Waals surface area contributed by atoms with E-state index >= 15 is 0 Å². The van der Waals surface area contributed by atoms with E-state index in [-0.39, 0.29) is 11.3 Å². The second-order valence-electron chi connectivity index (χ2n) is 4.48. The summed E-state index contributed by atoms with van der Waals surface area (Å²) in [7, 11) is 0. The number of rotatable bonds is 5. The van der Waals surface area contributed by atoms with Crippen molar-refractivity contribution >= 4 is 5.91 Å². The highest BCUT2D eigenvalue weighted by atomic mass is 16.4. The predicted molar refractivity (Wildman–Crippen MR) is 66.5 cm³/mol. The quantitative estimate of drug-likeness (QED) is 0.713. The van der Waals surface area contributed by atoms with Gasteiger partial charge in [-0.2, -0.15) is 0 Å². The lowest BCUT2D eigenvalue weighted by molar-refractivity contribution is 0.0915. The smallest absolute Gasteiger partial charge is 0.291 e. The van der Waals surface area contributed by atoms with Gasteiger partial charge < -0.3 is 20.6 Å². The van der Waals surface area contributed by atoms with Crippen LogP contribution in [-0.4, -0.2) is 23.1 Å². The minimum Gasteiger partial charge on any atom is -0.501 e. The molecule has 0 radical (unpaired) electrons. The first kappa shape index (κ1) is 14.2. The van der Waals surface area contributed by atoms with Crippen molar-refractivity contribution in [3.8, 4) is 5.75 Å². The van der Waals surface area contributed by atoms with Gasteiger partial charge in [-0.1, -0.05) is 6.92 Å². The highest BCUT2D eigenvalue weighted by molar-refractivity contribution is 5.93. The van der Waals surface area contributed by atoms with Crippen LogP contribution in [0, 0.1) is 0 Å². The third-order valence-corrected chi connectivity index (χ3v) is 2.85. The van der Waals surface area contributed by atoms with Crippen LogP contribution in [0.25, 0.3) is 0 Å². The van der Waals surface area contributed by atoms with Crippen LogP contribution in [0.2, 0.25) is 0 Å². The van der Waals surface area contributed by atoms with E-state index in [9.17, 15) is 14.7 Å². The van der Waals surface area contributed by atoms with E-state index in [4.69, 9.17) is 10.2 Å². The van der Waals surface area contributed by atoms with E-state index < -0.39 is 17.1 Å². The Morgan fingerprint density at radius 1 is 1.61 bits per heavy atom. The molecule has 1 heterocycles. The van der Waals surface area contributed by atoms with Crippen molar-refractivity contribution in [2.24, 2.45) is 5.73 Å². The number of aromatic hydroxyl groups is 1. The first-order valence-electron chi connectivity index (χ1n) is 5.75. The lowest BCUT2D eigenvalue weighted by atomic mass is 9.96. The van der Waals surface area contributed by atoms with E-state index in [1.54, 1.807) is 0 Å². The fraction of sp³-hybridized carbons (Fsp3) is 0.500. The van der Waals surface area contributed by atoms with E-state index in [0.717, 1.165) is 18.8 Å². The van der Waals surface area contributed by atoms with Gasteiger partial charge in [0.2, 0.25) is 16.9 Å². The van der Waals surface area contributed by atoms with Crippen LogP contribution >= 0.6 is 0 Å². The maximum absolute atomic E-state index is 11.6. The van der Waals surface area contributed by atoms with Crippen LogP contribution in [0.4, 0.5) is 0 Å². The van der Waals surface area contributed by atoms with Gasteiger partial charge in [0.05, 0.1) is 6.26 Å². The molecule has 0 aromatic carbocycles. The maximum atomic E-state index is 11.6. The van der Waals surface area contributed by atoms with E-state index in [0.29, 0.717) is 13.0 Å². The lowest BCUT2D eigenvalue weighted by Crippen LogP contribution is -2.39. The Morgan fingerprint density at radius 3 is 2.89 bits per heavy atom. The highest BCUT2D eigenvalue weighted by Gasteiger charge is 2.19. The van der Waals surface area contributed by atoms with Gasteiger partial charge in [-0.05, 0) is 19.8 Å². The Morgan fingerprint density at radius 2 is 2.28 bits per heavy atom. The van der Waals surface area contributed by atoms with Crippen LogP contribution in [0.5, 0.6) is 5.75 Å². The number of carbonyl (C=O) groups excluding carboxylic acids is 1. The highest BCUT2D eigenvalue weighted by Crippen LogP contribution is 2.11. The Labute approximate surface area is 105 Å². The number of hydrogen-bond acceptors (Lipinski definition) is 5. The number of amides is 1. The lowest BCUT2D eigenvalue weighted by Gasteiger charge is -2.22. The fourth-order valence-electron chi connectivity index (χ4n) is 1.29. The third kappa shape index (κ3) is 3.59. The Kier molecular flexibility index (Phi) is 4.49. The van der Waals surface area contributed by atoms with Gasteiger partial charge in [0, 0.05) is 18.2 Å². The van der Waals surface area contributed by atoms with Gasteiger partial charge in [0.25, 0.3) is 5.91 Å². The largest absolute Gasteiger partial charge is 0.501 e. The summed E-state index contributed by atoms with van der Waals surface area (Å²) in [5.41, 5.74) is 4.92. The summed E-state index contributed by atoms with van der Waals surface area (Å²) < 4.78 is 4.82. The first-order chi connectivity index (χ1) is 8.37. The van der Waals surface area contributed by atoms with Crippen LogP contribution < -0.4 is 16.5 Å². The van der Waals surface area contributed by atoms with Crippen LogP contribution in [0.3, 0.4) is 0 Å². The van der Waals surface area contributed by atoms with E-state index in [1.165, 1.54) is 0 Å². The number of hydrogen-bond donors (Lipinski definition) is 3. The molecule has 0 bridgehead atoms. The minimum atomic E-state index is -0.680. The predicted octanol–water partition coefficient (Wildman–Crippen LogP) is 0.593. The van der Waals surface area contributed by atoms with Gasteiger partial charge in [0.1, 0.15) is 0 Å². The third-order valence-electron chi connectivity index (χ3n) is 2.85. The van der Waals surface area contributed by atoms with E-state index in [2.05, 4.69) is 5.32 Å². The molecule has 18 heavy (non-hydrogen) atoms. The Balaban J connectivity index is 2.62. The summed E-state index contributed by atoms with van der Waals surface area (Å²) in [5.74, 6) is -1.68. The molecule has 0 saturated carbocycles. The summed E-state index contributed by atoms with van der Waals surface area (Å²) in [6.07, 6.45) is 2.44. The molecule has 1 aromatic heterocycles. The molecule has 6 nitrogen and oxygen atoms in total. The fourth-order valence-corrected chi connectivity index (χ4v) is 1.29. The van der Waals surface area contributed by atoms with Crippen LogP contribution in [0.15, 0.2) is 21.5 Å². The molecule has 0 fully saturated rings. The molecule has 1 rings (SSSR count). The summed E-state index contributed by atoms with van der Waals surface area (Å²) in [6.45, 7) is 4.20. The van der Waals surface area contributed by atoms with Crippen molar-refractivity contribution in [1.82, 2.24) is 5.32 Å². The standard InChI is InChI=1S/C12H18N2O4/c1-3-12(2,13)5-6-14-11(17)10-9(16)8(15)4-7-18-10/h4,7,16H,3,5-6,13H2,1-2H3,(H,14,17). The second kappa shape index (κ2) is 5.68. The molecule has 0 aliphatic heterocycles. The maximum Gasteiger partial charge on any atom is 0.291 e. The Bertz CT molecular complexity index is 479. The molecule has 1 amide bonds. The van der Waals surface area contributed by atoms with Crippen molar-refractivity contribution < 1.29 is 14.3 Å². The molecule has 0 aliphatic rings. The van der Waals surface area contributed by atoms with Gasteiger partial charge in [-0.25, -0.2) is 0 Å². The van der Waals surface area contributed by atoms with Gasteiger partial charge in [-0.15, -0.1) is 0 Å². The molecule has 0 aliphatic carbocycles. The summed E-state index contributed by atoms with van der Waals surface area (Å²) in [6, 6.07) is 1.04. The van der Waals surface area contributed by atoms with Gasteiger partial charge in [0.15, 0.2) is 0 Å². The second-order valence-corrected chi connectivity index (χ2v) is 4.48. The number of nitrogens with one attached hydrogen (secondary N) is 1. The Hall–Kier alpha value is -1.82. The topological polar surface area (TPSA) is 106 Å². The molecular formula is C12H18N2O4. The van der Waals surface area contributed by atoms with Crippen molar-refractivity contribution in [3.63, 3.8) is 0 Å². The normalized spacial score (nSPS) is 13.9. The first-order valence-corrected chi connectivity index (χ1v) is 5.75. The van der Waals surface area contributed by atoms with Gasteiger partial charge >= 0.3 is 0 Å². The van der Waals surface area contributed by atoms with Crippen molar-refractivity contribution in [3.05, 3.63) is 28.3 Å². The molecule has 0 spiro atoms. The van der Waals surface area contributed by atoms with Crippen molar-refractivity contribution in [2.75, 3.05) is 6.54 Å². The molecule has 0 saturated heterocycles. The zero-order chi connectivity index (χ0) is 13.8. The zero-order valence-corrected chi connectivity index (χ0v) is 10.5. The van der Waals surface area contributed by atoms with Gasteiger partial charge in [-0.3, -0.25) is 9.59 Å². The summed E-state index contributed by atoms with van der Waals surface area (Å²) >= 11 is 0. The summed E-state index contributed by atoms with van der Waals surface area (Å²) in [5, 5.41) is 11.9. The number of carbonyl (C=O) groups is 1. The van der Waals surface area contributed by atoms with Crippen molar-refractivity contribution in [1.29, 1.82) is 0 Å². The van der Waals surface area contributed by atoms with Crippen molar-refractivity contribution in [2.45, 2.75) is 32.2 Å². The molecule has 1 atom stereocenters. The minimum absolute atomic E-state index is 0.345. The average Bonchev–Trinajstić information content (AvgIpc) is 2.32. The summed E-state index contributed by atoms with van der Waals surface area (Å²) in [4.78, 5) is 22.8. The molecule has 100 valence electrons. The monoisotopic (exact) mass is 254 g/mol. The molecule has 4 N–H and O–H groups in total. The molecule has 6 heteroatoms.